The normalized spacial score (nSPS) is 23.4. The van der Waals surface area contributed by atoms with Crippen LogP contribution >= 0.6 is 0 Å². The van der Waals surface area contributed by atoms with E-state index in [0.717, 1.165) is 31.2 Å². The topological polar surface area (TPSA) is 9.23 Å². The minimum Gasteiger partial charge on any atom is -0.429 e. The molecule has 2 atom stereocenters. The highest BCUT2D eigenvalue weighted by atomic mass is 19.3. The van der Waals surface area contributed by atoms with Crippen molar-refractivity contribution in [1.29, 1.82) is 0 Å². The van der Waals surface area contributed by atoms with E-state index in [1.807, 2.05) is 0 Å². The summed E-state index contributed by atoms with van der Waals surface area (Å²) in [4.78, 5) is 0. The van der Waals surface area contributed by atoms with Crippen molar-refractivity contribution in [3.63, 3.8) is 0 Å². The van der Waals surface area contributed by atoms with Crippen LogP contribution < -0.4 is 4.74 Å². The lowest BCUT2D eigenvalue weighted by Gasteiger charge is -2.20. The van der Waals surface area contributed by atoms with E-state index in [9.17, 15) is 30.7 Å². The van der Waals surface area contributed by atoms with Crippen LogP contribution in [0.1, 0.15) is 49.7 Å². The molecule has 0 amide bonds. The van der Waals surface area contributed by atoms with Gasteiger partial charge in [0.2, 0.25) is 0 Å². The molecule has 0 heterocycles. The maximum absolute atomic E-state index is 15.0. The van der Waals surface area contributed by atoms with Gasteiger partial charge in [-0.05, 0) is 78.7 Å². The van der Waals surface area contributed by atoms with E-state index >= 15 is 4.39 Å². The molecule has 0 bridgehead atoms. The van der Waals surface area contributed by atoms with Crippen LogP contribution in [0.3, 0.4) is 0 Å². The van der Waals surface area contributed by atoms with Gasteiger partial charge in [0.15, 0.2) is 17.5 Å². The number of halogens is 8. The number of benzene rings is 3. The molecular formula is C28H22F8O. The Labute approximate surface area is 208 Å². The summed E-state index contributed by atoms with van der Waals surface area (Å²) in [5.41, 5.74) is -1.54. The lowest BCUT2D eigenvalue weighted by atomic mass is 9.91. The summed E-state index contributed by atoms with van der Waals surface area (Å²) in [7, 11) is 0. The van der Waals surface area contributed by atoms with Gasteiger partial charge in [-0.15, -0.1) is 0 Å². The van der Waals surface area contributed by atoms with Crippen molar-refractivity contribution < 1.29 is 39.9 Å². The molecule has 0 radical (unpaired) electrons. The Morgan fingerprint density at radius 3 is 1.81 bits per heavy atom. The molecule has 9 heteroatoms. The fourth-order valence-corrected chi connectivity index (χ4v) is 6.01. The monoisotopic (exact) mass is 526 g/mol. The maximum Gasteiger partial charge on any atom is 0.432 e. The lowest BCUT2D eigenvalue weighted by molar-refractivity contribution is -0.189. The highest BCUT2D eigenvalue weighted by Gasteiger charge is 2.42. The van der Waals surface area contributed by atoms with Crippen molar-refractivity contribution in [3.05, 3.63) is 88.5 Å². The van der Waals surface area contributed by atoms with Crippen LogP contribution in [0.15, 0.2) is 42.5 Å². The first kappa shape index (κ1) is 25.5. The summed E-state index contributed by atoms with van der Waals surface area (Å²) in [6.07, 6.45) is -0.479. The number of rotatable bonds is 5. The van der Waals surface area contributed by atoms with Gasteiger partial charge in [-0.25, -0.2) is 26.3 Å². The predicted molar refractivity (Wildman–Crippen MR) is 120 cm³/mol. The van der Waals surface area contributed by atoms with Crippen LogP contribution in [0.5, 0.6) is 5.75 Å². The fraction of sp³-hybridized carbons (Fsp3) is 0.357. The second-order valence-electron chi connectivity index (χ2n) is 10.1. The lowest BCUT2D eigenvalue weighted by Crippen LogP contribution is -2.25. The first-order valence-electron chi connectivity index (χ1n) is 11.9. The SMILES string of the molecule is CC1CC2CC(c3ccc(-c4cc(F)c(C(F)(F)Oc5cc(F)c(F)c(F)c5)c(F)c4)c(F)c3)CC2C1. The second kappa shape index (κ2) is 9.33. The van der Waals surface area contributed by atoms with E-state index in [1.165, 1.54) is 12.1 Å². The van der Waals surface area contributed by atoms with Gasteiger partial charge in [0.1, 0.15) is 28.8 Å². The van der Waals surface area contributed by atoms with E-state index in [-0.39, 0.29) is 29.2 Å². The van der Waals surface area contributed by atoms with Crippen molar-refractivity contribution in [2.75, 3.05) is 0 Å². The molecule has 196 valence electrons. The summed E-state index contributed by atoms with van der Waals surface area (Å²) >= 11 is 0. The van der Waals surface area contributed by atoms with Crippen molar-refractivity contribution in [1.82, 2.24) is 0 Å². The third-order valence-electron chi connectivity index (χ3n) is 7.56. The van der Waals surface area contributed by atoms with Gasteiger partial charge in [-0.3, -0.25) is 0 Å². The van der Waals surface area contributed by atoms with Crippen molar-refractivity contribution in [3.8, 4) is 16.9 Å². The van der Waals surface area contributed by atoms with Crippen LogP contribution in [-0.4, -0.2) is 0 Å². The van der Waals surface area contributed by atoms with Crippen LogP contribution in [-0.2, 0) is 6.11 Å². The first-order chi connectivity index (χ1) is 17.4. The smallest absolute Gasteiger partial charge is 0.429 e. The number of hydrogen-bond acceptors (Lipinski definition) is 1. The zero-order valence-corrected chi connectivity index (χ0v) is 19.6. The van der Waals surface area contributed by atoms with Gasteiger partial charge in [0.05, 0.1) is 0 Å². The standard InChI is InChI=1S/C28H22F8O/c1-13-4-15-6-17(7-16(15)5-13)14-2-3-20(21(29)8-14)18-9-22(30)26(23(31)10-18)28(35,36)37-19-11-24(32)27(34)25(33)12-19/h2-3,8-13,15-17H,4-7H2,1H3. The molecule has 2 saturated carbocycles. The van der Waals surface area contributed by atoms with Crippen molar-refractivity contribution >= 4 is 0 Å². The zero-order chi connectivity index (χ0) is 26.6. The number of alkyl halides is 2. The van der Waals surface area contributed by atoms with Gasteiger partial charge < -0.3 is 4.74 Å². The maximum atomic E-state index is 15.0. The van der Waals surface area contributed by atoms with Crippen molar-refractivity contribution in [2.45, 2.75) is 44.6 Å². The molecule has 2 fully saturated rings. The molecule has 3 aromatic rings. The summed E-state index contributed by atoms with van der Waals surface area (Å²) in [5, 5.41) is 0. The number of fused-ring (bicyclic) bond motifs is 1. The van der Waals surface area contributed by atoms with Crippen LogP contribution in [0.4, 0.5) is 35.1 Å². The Morgan fingerprint density at radius 2 is 1.27 bits per heavy atom. The Kier molecular flexibility index (Phi) is 6.44. The van der Waals surface area contributed by atoms with Gasteiger partial charge in [0.25, 0.3) is 0 Å². The predicted octanol–water partition coefficient (Wildman–Crippen LogP) is 8.86. The van der Waals surface area contributed by atoms with E-state index in [4.69, 9.17) is 0 Å². The molecule has 2 unspecified atom stereocenters. The molecule has 0 aliphatic heterocycles. The summed E-state index contributed by atoms with van der Waals surface area (Å²) in [5.74, 6) is -8.89. The molecule has 2 aliphatic rings. The number of hydrogen-bond donors (Lipinski definition) is 0. The first-order valence-corrected chi connectivity index (χ1v) is 11.9. The Hall–Kier alpha value is -3.10. The fourth-order valence-electron chi connectivity index (χ4n) is 6.01. The summed E-state index contributed by atoms with van der Waals surface area (Å²) < 4.78 is 117. The van der Waals surface area contributed by atoms with E-state index in [1.54, 1.807) is 6.07 Å². The quantitative estimate of drug-likeness (QED) is 0.238. The molecule has 1 nitrogen and oxygen atoms in total. The molecular weight excluding hydrogens is 504 g/mol. The van der Waals surface area contributed by atoms with E-state index in [2.05, 4.69) is 11.7 Å². The number of ether oxygens (including phenoxy) is 1. The Balaban J connectivity index is 1.39. The van der Waals surface area contributed by atoms with Gasteiger partial charge >= 0.3 is 6.11 Å². The molecule has 3 aromatic carbocycles. The van der Waals surface area contributed by atoms with E-state index < -0.39 is 52.3 Å². The largest absolute Gasteiger partial charge is 0.432 e. The highest BCUT2D eigenvalue weighted by molar-refractivity contribution is 5.65. The van der Waals surface area contributed by atoms with Crippen molar-refractivity contribution in [2.24, 2.45) is 17.8 Å². The molecule has 5 rings (SSSR count). The van der Waals surface area contributed by atoms with Gasteiger partial charge in [-0.2, -0.15) is 8.78 Å². The highest BCUT2D eigenvalue weighted by Crippen LogP contribution is 2.52. The van der Waals surface area contributed by atoms with Gasteiger partial charge in [-0.1, -0.05) is 19.1 Å². The molecule has 0 aromatic heterocycles. The zero-order valence-electron chi connectivity index (χ0n) is 19.6. The average Bonchev–Trinajstić information content (AvgIpc) is 3.33. The van der Waals surface area contributed by atoms with Crippen LogP contribution in [0, 0.1) is 52.7 Å². The molecule has 0 saturated heterocycles. The molecule has 0 spiro atoms. The average molecular weight is 526 g/mol. The molecule has 2 aliphatic carbocycles. The Morgan fingerprint density at radius 1 is 0.703 bits per heavy atom. The third-order valence-corrected chi connectivity index (χ3v) is 7.56. The summed E-state index contributed by atoms with van der Waals surface area (Å²) in [6, 6.07) is 5.67. The molecule has 0 N–H and O–H groups in total. The minimum atomic E-state index is -4.72. The van der Waals surface area contributed by atoms with E-state index in [0.29, 0.717) is 29.9 Å². The minimum absolute atomic E-state index is 0.117. The Bertz CT molecular complexity index is 1290. The van der Waals surface area contributed by atoms with Gasteiger partial charge in [0, 0.05) is 17.7 Å². The summed E-state index contributed by atoms with van der Waals surface area (Å²) in [6.45, 7) is 2.23. The van der Waals surface area contributed by atoms with Crippen LogP contribution in [0.25, 0.3) is 11.1 Å². The second-order valence-corrected chi connectivity index (χ2v) is 10.1. The molecule has 37 heavy (non-hydrogen) atoms. The third kappa shape index (κ3) is 4.80. The van der Waals surface area contributed by atoms with Crippen LogP contribution in [0.2, 0.25) is 0 Å².